The largest absolute Gasteiger partial charge is 0.477 e. The molecule has 5 rings (SSSR count). The van der Waals surface area contributed by atoms with Crippen LogP contribution in [-0.2, 0) is 25.7 Å². The second-order valence-electron chi connectivity index (χ2n) is 10.7. The van der Waals surface area contributed by atoms with Crippen molar-refractivity contribution in [1.29, 1.82) is 0 Å². The number of aliphatic hydroxyl groups excluding tert-OH is 2. The van der Waals surface area contributed by atoms with Gasteiger partial charge in [0, 0.05) is 35.2 Å². The molecule has 0 spiro atoms. The van der Waals surface area contributed by atoms with Crippen LogP contribution in [0.1, 0.15) is 20.3 Å². The van der Waals surface area contributed by atoms with Crippen molar-refractivity contribution in [2.75, 3.05) is 19.7 Å². The van der Waals surface area contributed by atoms with E-state index in [9.17, 15) is 34.5 Å². The van der Waals surface area contributed by atoms with Crippen molar-refractivity contribution < 1.29 is 34.5 Å². The molecular weight excluding hydrogens is 546 g/mol. The predicted octanol–water partition coefficient (Wildman–Crippen LogP) is -3.69. The molecule has 4 aliphatic heterocycles. The summed E-state index contributed by atoms with van der Waals surface area (Å²) in [5, 5.41) is 46.3. The molecule has 40 heavy (non-hydrogen) atoms. The molecular formula is C23H33N9O7S. The summed E-state index contributed by atoms with van der Waals surface area (Å²) >= 11 is 1.35. The van der Waals surface area contributed by atoms with Crippen molar-refractivity contribution in [1.82, 2.24) is 40.6 Å². The SMILES string of the molecule is C[C@@H](NC(=O)Cn1cnnn1)[C@H]1C(=O)N2C(C(=O)O)=C(S[C@@H]3CN[C@H](C(=O)N4C[C@H](N)[C@@H](O)[C@H]4CO)C3)[C@H](C)[C@H]12. The minimum atomic E-state index is -1.21. The summed E-state index contributed by atoms with van der Waals surface area (Å²) in [6, 6.07) is -2.95. The number of carboxylic acid groups (broad SMARTS) is 1. The Morgan fingerprint density at radius 2 is 2.10 bits per heavy atom. The molecule has 0 saturated carbocycles. The number of β-lactam (4-membered cyclic amide) rings is 1. The maximum absolute atomic E-state index is 13.2. The summed E-state index contributed by atoms with van der Waals surface area (Å²) < 4.78 is 1.26. The number of aliphatic hydroxyl groups is 2. The first kappa shape index (κ1) is 28.4. The number of carbonyl (C=O) groups excluding carboxylic acids is 3. The first-order valence-corrected chi connectivity index (χ1v) is 14.0. The molecule has 0 unspecified atom stereocenters. The number of amides is 3. The fourth-order valence-electron chi connectivity index (χ4n) is 6.25. The quantitative estimate of drug-likeness (QED) is 0.155. The molecule has 0 radical (unpaired) electrons. The number of fused-ring (bicyclic) bond motifs is 1. The number of likely N-dealkylation sites (tertiary alicyclic amines) is 1. The first-order valence-electron chi connectivity index (χ1n) is 13.1. The number of nitrogens with zero attached hydrogens (tertiary/aromatic N) is 6. The van der Waals surface area contributed by atoms with Gasteiger partial charge in [0.2, 0.25) is 17.7 Å². The molecule has 1 aromatic heterocycles. The van der Waals surface area contributed by atoms with E-state index in [4.69, 9.17) is 5.73 Å². The van der Waals surface area contributed by atoms with Gasteiger partial charge in [0.25, 0.3) is 0 Å². The minimum absolute atomic E-state index is 0.0558. The molecule has 7 N–H and O–H groups in total. The van der Waals surface area contributed by atoms with Gasteiger partial charge in [-0.05, 0) is 23.8 Å². The number of nitrogens with one attached hydrogen (secondary N) is 2. The highest BCUT2D eigenvalue weighted by Crippen LogP contribution is 2.51. The van der Waals surface area contributed by atoms with Gasteiger partial charge in [-0.25, -0.2) is 9.48 Å². The van der Waals surface area contributed by atoms with Crippen LogP contribution in [0.3, 0.4) is 0 Å². The van der Waals surface area contributed by atoms with Gasteiger partial charge in [-0.2, -0.15) is 0 Å². The summed E-state index contributed by atoms with van der Waals surface area (Å²) in [4.78, 5) is 54.3. The van der Waals surface area contributed by atoms with Gasteiger partial charge in [0.05, 0.1) is 42.8 Å². The molecule has 3 fully saturated rings. The number of aliphatic carboxylic acids is 1. The van der Waals surface area contributed by atoms with Crippen LogP contribution in [0.5, 0.6) is 0 Å². The molecule has 1 aromatic rings. The van der Waals surface area contributed by atoms with E-state index < -0.39 is 54.8 Å². The predicted molar refractivity (Wildman–Crippen MR) is 138 cm³/mol. The third-order valence-corrected chi connectivity index (χ3v) is 9.72. The molecule has 0 aromatic carbocycles. The number of nitrogens with two attached hydrogens (primary N) is 1. The van der Waals surface area contributed by atoms with Crippen LogP contribution in [0.2, 0.25) is 0 Å². The van der Waals surface area contributed by atoms with Crippen LogP contribution in [0, 0.1) is 11.8 Å². The van der Waals surface area contributed by atoms with Crippen molar-refractivity contribution in [3.8, 4) is 0 Å². The highest BCUT2D eigenvalue weighted by molar-refractivity contribution is 8.03. The Morgan fingerprint density at radius 3 is 2.75 bits per heavy atom. The summed E-state index contributed by atoms with van der Waals surface area (Å²) in [7, 11) is 0. The van der Waals surface area contributed by atoms with Crippen LogP contribution < -0.4 is 16.4 Å². The minimum Gasteiger partial charge on any atom is -0.477 e. The summed E-state index contributed by atoms with van der Waals surface area (Å²) in [5.74, 6) is -3.11. The van der Waals surface area contributed by atoms with Gasteiger partial charge in [0.15, 0.2) is 0 Å². The van der Waals surface area contributed by atoms with Crippen LogP contribution >= 0.6 is 11.8 Å². The van der Waals surface area contributed by atoms with E-state index in [2.05, 4.69) is 26.2 Å². The highest BCUT2D eigenvalue weighted by Gasteiger charge is 2.60. The normalized spacial score (nSPS) is 34.2. The number of aromatic nitrogens is 4. The fourth-order valence-corrected chi connectivity index (χ4v) is 7.73. The molecule has 17 heteroatoms. The number of hydrogen-bond acceptors (Lipinski definition) is 12. The van der Waals surface area contributed by atoms with Crippen molar-refractivity contribution in [2.45, 2.75) is 68.4 Å². The first-order chi connectivity index (χ1) is 19.0. The molecule has 16 nitrogen and oxygen atoms in total. The molecule has 4 aliphatic rings. The number of rotatable bonds is 9. The van der Waals surface area contributed by atoms with Gasteiger partial charge >= 0.3 is 5.97 Å². The Labute approximate surface area is 233 Å². The Morgan fingerprint density at radius 1 is 1.35 bits per heavy atom. The van der Waals surface area contributed by atoms with E-state index in [1.165, 1.54) is 32.6 Å². The van der Waals surface area contributed by atoms with Gasteiger partial charge in [-0.3, -0.25) is 14.4 Å². The van der Waals surface area contributed by atoms with E-state index in [0.29, 0.717) is 17.9 Å². The van der Waals surface area contributed by atoms with Crippen molar-refractivity contribution in [3.63, 3.8) is 0 Å². The maximum atomic E-state index is 13.2. The third-order valence-electron chi connectivity index (χ3n) is 8.21. The number of thioether (sulfide) groups is 1. The fraction of sp³-hybridized carbons (Fsp3) is 0.696. The number of carbonyl (C=O) groups is 4. The Bertz CT molecular complexity index is 1210. The average Bonchev–Trinajstić information content (AvgIpc) is 3.67. The zero-order valence-electron chi connectivity index (χ0n) is 22.0. The van der Waals surface area contributed by atoms with Crippen molar-refractivity contribution >= 4 is 35.5 Å². The summed E-state index contributed by atoms with van der Waals surface area (Å²) in [6.07, 6.45) is 0.694. The molecule has 218 valence electrons. The lowest BCUT2D eigenvalue weighted by atomic mass is 9.78. The Balaban J connectivity index is 1.24. The van der Waals surface area contributed by atoms with Crippen LogP contribution in [-0.4, -0.2) is 130 Å². The second-order valence-corrected chi connectivity index (χ2v) is 12.1. The molecule has 3 amide bonds. The third kappa shape index (κ3) is 4.85. The lowest BCUT2D eigenvalue weighted by Gasteiger charge is -2.47. The standard InChI is InChI=1S/C23H33N9O7S/c1-9-17-16(10(2)27-15(34)6-30-8-26-28-29-30)22(37)32(17)18(23(38)39)20(9)40-11-3-13(25-4-11)21(36)31-5-12(24)19(35)14(31)7-33/h8-14,16-17,19,25,33,35H,3-7,24H2,1-2H3,(H,27,34)(H,38,39)/t9-,10-,11+,12+,13+,14-,16-,17-,19-/m1/s1. The van der Waals surface area contributed by atoms with Gasteiger partial charge < -0.3 is 41.5 Å². The summed E-state index contributed by atoms with van der Waals surface area (Å²) in [6.45, 7) is 3.64. The molecule has 5 heterocycles. The zero-order chi connectivity index (χ0) is 28.9. The van der Waals surface area contributed by atoms with E-state index in [0.717, 1.165) is 0 Å². The van der Waals surface area contributed by atoms with E-state index in [1.807, 2.05) is 6.92 Å². The van der Waals surface area contributed by atoms with Crippen molar-refractivity contribution in [3.05, 3.63) is 16.9 Å². The Kier molecular flexibility index (Phi) is 7.84. The maximum Gasteiger partial charge on any atom is 0.353 e. The van der Waals surface area contributed by atoms with Crippen LogP contribution in [0.4, 0.5) is 0 Å². The van der Waals surface area contributed by atoms with E-state index >= 15 is 0 Å². The topological polar surface area (TPSA) is 229 Å². The molecule has 0 bridgehead atoms. The van der Waals surface area contributed by atoms with E-state index in [-0.39, 0.29) is 47.7 Å². The zero-order valence-corrected chi connectivity index (χ0v) is 22.8. The van der Waals surface area contributed by atoms with E-state index in [1.54, 1.807) is 6.92 Å². The lowest BCUT2D eigenvalue weighted by Crippen LogP contribution is -2.66. The molecule has 9 atom stereocenters. The van der Waals surface area contributed by atoms with Crippen LogP contribution in [0.25, 0.3) is 0 Å². The highest BCUT2D eigenvalue weighted by atomic mass is 32.2. The lowest BCUT2D eigenvalue weighted by molar-refractivity contribution is -0.158. The molecule has 3 saturated heterocycles. The van der Waals surface area contributed by atoms with Crippen molar-refractivity contribution in [2.24, 2.45) is 17.6 Å². The smallest absolute Gasteiger partial charge is 0.353 e. The number of carboxylic acids is 1. The number of tetrazole rings is 1. The monoisotopic (exact) mass is 579 g/mol. The van der Waals surface area contributed by atoms with Gasteiger partial charge in [0.1, 0.15) is 18.6 Å². The van der Waals surface area contributed by atoms with Crippen LogP contribution in [0.15, 0.2) is 16.9 Å². The second kappa shape index (κ2) is 11.0. The average molecular weight is 580 g/mol. The van der Waals surface area contributed by atoms with Gasteiger partial charge in [-0.15, -0.1) is 16.9 Å². The number of hydrogen-bond donors (Lipinski definition) is 6. The van der Waals surface area contributed by atoms with Gasteiger partial charge in [-0.1, -0.05) is 6.92 Å². The summed E-state index contributed by atoms with van der Waals surface area (Å²) in [5.41, 5.74) is 5.84. The Hall–Kier alpha value is -3.12. The molecule has 0 aliphatic carbocycles.